The van der Waals surface area contributed by atoms with Gasteiger partial charge in [0.1, 0.15) is 12.4 Å². The summed E-state index contributed by atoms with van der Waals surface area (Å²) in [5, 5.41) is 4.79. The average Bonchev–Trinajstić information content (AvgIpc) is 3.32. The molecule has 0 aliphatic carbocycles. The molecule has 1 saturated heterocycles. The summed E-state index contributed by atoms with van der Waals surface area (Å²) in [5.74, 6) is -0.290. The molecule has 1 amide bonds. The number of hydrogen-bond donors (Lipinski definition) is 1. The molecular formula is C25H25NO5. The number of hydrogen-bond acceptors (Lipinski definition) is 5. The standard InChI is InChI=1S/C25H25NO5/c1-17(24(27)26-23-10-4-7-18-6-2-3-9-22(18)23)31-25(28)19-11-13-20(14-12-19)30-16-21-8-5-15-29-21/h2-4,6-7,9-14,17,21H,5,8,15-16H2,1H3,(H,26,27)/t17-,21+/m0/s1. The van der Waals surface area contributed by atoms with Crippen LogP contribution in [0.3, 0.4) is 0 Å². The Kier molecular flexibility index (Phi) is 6.48. The molecule has 6 heteroatoms. The second-order valence-corrected chi connectivity index (χ2v) is 7.53. The Morgan fingerprint density at radius 1 is 1.06 bits per heavy atom. The van der Waals surface area contributed by atoms with Gasteiger partial charge in [-0.25, -0.2) is 4.79 Å². The zero-order chi connectivity index (χ0) is 21.6. The topological polar surface area (TPSA) is 73.9 Å². The first kappa shape index (κ1) is 20.9. The second kappa shape index (κ2) is 9.62. The van der Waals surface area contributed by atoms with Gasteiger partial charge < -0.3 is 19.5 Å². The van der Waals surface area contributed by atoms with Crippen molar-refractivity contribution in [2.75, 3.05) is 18.5 Å². The van der Waals surface area contributed by atoms with E-state index < -0.39 is 12.1 Å². The predicted molar refractivity (Wildman–Crippen MR) is 118 cm³/mol. The molecule has 0 radical (unpaired) electrons. The molecule has 1 heterocycles. The minimum Gasteiger partial charge on any atom is -0.491 e. The van der Waals surface area contributed by atoms with Gasteiger partial charge in [-0.1, -0.05) is 36.4 Å². The highest BCUT2D eigenvalue weighted by Crippen LogP contribution is 2.23. The van der Waals surface area contributed by atoms with Crippen molar-refractivity contribution in [3.05, 3.63) is 72.3 Å². The van der Waals surface area contributed by atoms with E-state index >= 15 is 0 Å². The third kappa shape index (κ3) is 5.22. The average molecular weight is 419 g/mol. The van der Waals surface area contributed by atoms with Gasteiger partial charge in [0.05, 0.1) is 11.7 Å². The molecule has 3 aromatic rings. The number of fused-ring (bicyclic) bond motifs is 1. The summed E-state index contributed by atoms with van der Waals surface area (Å²) in [5.41, 5.74) is 1.04. The molecule has 0 spiro atoms. The van der Waals surface area contributed by atoms with Gasteiger partial charge in [-0.15, -0.1) is 0 Å². The molecule has 6 nitrogen and oxygen atoms in total. The summed E-state index contributed by atoms with van der Waals surface area (Å²) in [7, 11) is 0. The fourth-order valence-electron chi connectivity index (χ4n) is 3.50. The lowest BCUT2D eigenvalue weighted by molar-refractivity contribution is -0.123. The molecule has 2 atom stereocenters. The number of amides is 1. The molecule has 1 aliphatic heterocycles. The van der Waals surface area contributed by atoms with Crippen LogP contribution in [0.15, 0.2) is 66.7 Å². The van der Waals surface area contributed by atoms with Crippen molar-refractivity contribution in [2.45, 2.75) is 32.0 Å². The van der Waals surface area contributed by atoms with Crippen LogP contribution in [0.25, 0.3) is 10.8 Å². The maximum absolute atomic E-state index is 12.6. The molecule has 0 bridgehead atoms. The van der Waals surface area contributed by atoms with Crippen LogP contribution in [0.5, 0.6) is 5.75 Å². The lowest BCUT2D eigenvalue weighted by atomic mass is 10.1. The van der Waals surface area contributed by atoms with Gasteiger partial charge in [0, 0.05) is 17.7 Å². The van der Waals surface area contributed by atoms with Crippen molar-refractivity contribution in [1.82, 2.24) is 0 Å². The van der Waals surface area contributed by atoms with Crippen LogP contribution in [0.4, 0.5) is 5.69 Å². The zero-order valence-corrected chi connectivity index (χ0v) is 17.4. The van der Waals surface area contributed by atoms with E-state index in [0.717, 1.165) is 30.2 Å². The Morgan fingerprint density at radius 3 is 2.61 bits per heavy atom. The Hall–Kier alpha value is -3.38. The number of carbonyl (C=O) groups excluding carboxylic acids is 2. The van der Waals surface area contributed by atoms with Crippen LogP contribution in [0.2, 0.25) is 0 Å². The first-order valence-electron chi connectivity index (χ1n) is 10.4. The zero-order valence-electron chi connectivity index (χ0n) is 17.4. The number of anilines is 1. The number of nitrogens with one attached hydrogen (secondary N) is 1. The van der Waals surface area contributed by atoms with Crippen LogP contribution >= 0.6 is 0 Å². The third-order valence-corrected chi connectivity index (χ3v) is 5.25. The first-order chi connectivity index (χ1) is 15.1. The monoisotopic (exact) mass is 419 g/mol. The molecule has 0 unspecified atom stereocenters. The number of esters is 1. The van der Waals surface area contributed by atoms with Crippen molar-refractivity contribution < 1.29 is 23.8 Å². The molecule has 1 fully saturated rings. The van der Waals surface area contributed by atoms with Gasteiger partial charge in [-0.2, -0.15) is 0 Å². The van der Waals surface area contributed by atoms with Crippen LogP contribution in [-0.4, -0.2) is 37.3 Å². The van der Waals surface area contributed by atoms with Crippen LogP contribution in [0, 0.1) is 0 Å². The molecule has 0 saturated carbocycles. The van der Waals surface area contributed by atoms with Gasteiger partial charge in [0.15, 0.2) is 6.10 Å². The van der Waals surface area contributed by atoms with Gasteiger partial charge in [-0.3, -0.25) is 4.79 Å². The third-order valence-electron chi connectivity index (χ3n) is 5.25. The quantitative estimate of drug-likeness (QED) is 0.568. The molecule has 160 valence electrons. The minimum atomic E-state index is -0.943. The number of ether oxygens (including phenoxy) is 3. The van der Waals surface area contributed by atoms with Crippen molar-refractivity contribution in [3.63, 3.8) is 0 Å². The first-order valence-corrected chi connectivity index (χ1v) is 10.4. The fraction of sp³-hybridized carbons (Fsp3) is 0.280. The molecule has 0 aromatic heterocycles. The van der Waals surface area contributed by atoms with Crippen LogP contribution in [0.1, 0.15) is 30.1 Å². The van der Waals surface area contributed by atoms with Gasteiger partial charge in [0.25, 0.3) is 5.91 Å². The van der Waals surface area contributed by atoms with Crippen molar-refractivity contribution >= 4 is 28.3 Å². The maximum Gasteiger partial charge on any atom is 0.338 e. The predicted octanol–water partition coefficient (Wildman–Crippen LogP) is 4.58. The maximum atomic E-state index is 12.6. The van der Waals surface area contributed by atoms with Crippen LogP contribution in [-0.2, 0) is 14.3 Å². The van der Waals surface area contributed by atoms with E-state index in [9.17, 15) is 9.59 Å². The fourth-order valence-corrected chi connectivity index (χ4v) is 3.50. The molecule has 1 N–H and O–H groups in total. The lowest BCUT2D eigenvalue weighted by Gasteiger charge is -2.15. The van der Waals surface area contributed by atoms with E-state index in [1.54, 1.807) is 31.2 Å². The van der Waals surface area contributed by atoms with E-state index in [2.05, 4.69) is 5.32 Å². The normalized spacial score (nSPS) is 16.6. The Balaban J connectivity index is 1.32. The Morgan fingerprint density at radius 2 is 1.84 bits per heavy atom. The van der Waals surface area contributed by atoms with Crippen molar-refractivity contribution in [3.8, 4) is 5.75 Å². The molecule has 3 aromatic carbocycles. The largest absolute Gasteiger partial charge is 0.491 e. The summed E-state index contributed by atoms with van der Waals surface area (Å²) >= 11 is 0. The van der Waals surface area contributed by atoms with E-state index in [-0.39, 0.29) is 12.0 Å². The summed E-state index contributed by atoms with van der Waals surface area (Å²) in [4.78, 5) is 25.0. The van der Waals surface area contributed by atoms with E-state index in [1.165, 1.54) is 0 Å². The molecule has 1 aliphatic rings. The van der Waals surface area contributed by atoms with Crippen molar-refractivity contribution in [1.29, 1.82) is 0 Å². The number of rotatable bonds is 7. The van der Waals surface area contributed by atoms with Crippen LogP contribution < -0.4 is 10.1 Å². The van der Waals surface area contributed by atoms with Crippen molar-refractivity contribution in [2.24, 2.45) is 0 Å². The summed E-state index contributed by atoms with van der Waals surface area (Å²) < 4.78 is 16.6. The molecule has 31 heavy (non-hydrogen) atoms. The van der Waals surface area contributed by atoms with E-state index in [0.29, 0.717) is 23.6 Å². The Bertz CT molecular complexity index is 1050. The number of carbonyl (C=O) groups is 2. The Labute approximate surface area is 181 Å². The van der Waals surface area contributed by atoms with Gasteiger partial charge >= 0.3 is 5.97 Å². The minimum absolute atomic E-state index is 0.130. The summed E-state index contributed by atoms with van der Waals surface area (Å²) in [6, 6.07) is 20.1. The lowest BCUT2D eigenvalue weighted by Crippen LogP contribution is -2.30. The van der Waals surface area contributed by atoms with Gasteiger partial charge in [0.2, 0.25) is 0 Å². The molecule has 4 rings (SSSR count). The smallest absolute Gasteiger partial charge is 0.338 e. The molecular weight excluding hydrogens is 394 g/mol. The van der Waals surface area contributed by atoms with E-state index in [1.807, 2.05) is 42.5 Å². The van der Waals surface area contributed by atoms with Gasteiger partial charge in [-0.05, 0) is 55.5 Å². The summed E-state index contributed by atoms with van der Waals surface area (Å²) in [6.07, 6.45) is 1.25. The highest BCUT2D eigenvalue weighted by Gasteiger charge is 2.20. The SMILES string of the molecule is C[C@H](OC(=O)c1ccc(OC[C@H]2CCCO2)cc1)C(=O)Nc1cccc2ccccc12. The van der Waals surface area contributed by atoms with E-state index in [4.69, 9.17) is 14.2 Å². The summed E-state index contributed by atoms with van der Waals surface area (Å²) in [6.45, 7) is 2.83. The highest BCUT2D eigenvalue weighted by molar-refractivity contribution is 6.04. The number of benzene rings is 3. The second-order valence-electron chi connectivity index (χ2n) is 7.53. The highest BCUT2D eigenvalue weighted by atomic mass is 16.5.